The van der Waals surface area contributed by atoms with Crippen molar-refractivity contribution >= 4 is 5.84 Å². The molecule has 0 bridgehead atoms. The Morgan fingerprint density at radius 2 is 1.60 bits per heavy atom. The van der Waals surface area contributed by atoms with Crippen molar-refractivity contribution in [2.24, 2.45) is 4.99 Å². The molecule has 1 atom stereocenters. The fraction of sp³-hybridized carbons (Fsp3) is 0.222. The Morgan fingerprint density at radius 3 is 2.40 bits per heavy atom. The van der Waals surface area contributed by atoms with Crippen molar-refractivity contribution < 1.29 is 9.47 Å². The van der Waals surface area contributed by atoms with Crippen LogP contribution >= 0.6 is 0 Å². The first-order chi connectivity index (χ1) is 17.2. The first-order valence-electron chi connectivity index (χ1n) is 11.8. The fourth-order valence-electron chi connectivity index (χ4n) is 5.05. The predicted molar refractivity (Wildman–Crippen MR) is 132 cm³/mol. The molecule has 7 rings (SSSR count). The summed E-state index contributed by atoms with van der Waals surface area (Å²) in [5.41, 5.74) is 9.78. The highest BCUT2D eigenvalue weighted by molar-refractivity contribution is 6.02. The minimum atomic E-state index is -0.175. The molecular weight excluding hydrogens is 440 g/mol. The second-order valence-corrected chi connectivity index (χ2v) is 8.99. The SMILES string of the molecule is CN1NC(c2cccc3c2OCC3)=NC1c1cccc(-c2n[nH]c(-c3cccc4c3OCC4)n2)c1. The number of aromatic nitrogens is 3. The molecule has 8 heteroatoms. The summed E-state index contributed by atoms with van der Waals surface area (Å²) in [6.07, 6.45) is 1.69. The lowest BCUT2D eigenvalue weighted by atomic mass is 10.1. The van der Waals surface area contributed by atoms with E-state index in [-0.39, 0.29) is 6.17 Å². The molecule has 1 unspecified atom stereocenters. The zero-order chi connectivity index (χ0) is 23.4. The zero-order valence-electron chi connectivity index (χ0n) is 19.3. The van der Waals surface area contributed by atoms with Crippen LogP contribution in [-0.2, 0) is 12.8 Å². The van der Waals surface area contributed by atoms with Gasteiger partial charge in [-0.3, -0.25) is 5.10 Å². The van der Waals surface area contributed by atoms with Gasteiger partial charge in [-0.2, -0.15) is 10.1 Å². The minimum Gasteiger partial charge on any atom is -0.492 e. The van der Waals surface area contributed by atoms with Gasteiger partial charge in [0.1, 0.15) is 23.5 Å². The summed E-state index contributed by atoms with van der Waals surface area (Å²) in [7, 11) is 2.00. The molecule has 4 heterocycles. The van der Waals surface area contributed by atoms with Gasteiger partial charge in [0.2, 0.25) is 0 Å². The number of nitrogens with one attached hydrogen (secondary N) is 2. The first-order valence-corrected chi connectivity index (χ1v) is 11.8. The lowest BCUT2D eigenvalue weighted by Crippen LogP contribution is -2.34. The molecule has 0 aliphatic carbocycles. The number of hydrogen-bond donors (Lipinski definition) is 2. The van der Waals surface area contributed by atoms with Crippen molar-refractivity contribution in [3.8, 4) is 34.3 Å². The molecule has 3 aliphatic heterocycles. The predicted octanol–water partition coefficient (Wildman–Crippen LogP) is 3.90. The average molecular weight is 465 g/mol. The Kier molecular flexibility index (Phi) is 4.60. The van der Waals surface area contributed by atoms with Crippen LogP contribution in [0.5, 0.6) is 11.5 Å². The van der Waals surface area contributed by atoms with Crippen molar-refractivity contribution in [1.82, 2.24) is 25.6 Å². The van der Waals surface area contributed by atoms with E-state index >= 15 is 0 Å². The molecule has 0 amide bonds. The molecule has 0 saturated heterocycles. The number of benzene rings is 3. The van der Waals surface area contributed by atoms with E-state index in [0.29, 0.717) is 18.3 Å². The molecule has 3 aromatic carbocycles. The van der Waals surface area contributed by atoms with Crippen molar-refractivity contribution in [1.29, 1.82) is 0 Å². The maximum absolute atomic E-state index is 5.89. The standard InChI is InChI=1S/C27H24N6O2/c1-33-27(29-26(32-33)21-10-4-6-17-12-14-35-23(17)21)19-8-2-7-18(15-19)24-28-25(31-30-24)20-9-3-5-16-11-13-34-22(16)20/h2-10,15,27H,11-14H2,1H3,(H,29,32)(H,28,30,31). The van der Waals surface area contributed by atoms with Gasteiger partial charge in [0.25, 0.3) is 0 Å². The van der Waals surface area contributed by atoms with Crippen LogP contribution in [0.25, 0.3) is 22.8 Å². The third-order valence-corrected chi connectivity index (χ3v) is 6.77. The molecule has 174 valence electrons. The van der Waals surface area contributed by atoms with E-state index in [1.165, 1.54) is 11.1 Å². The summed E-state index contributed by atoms with van der Waals surface area (Å²) in [6, 6.07) is 20.6. The van der Waals surface area contributed by atoms with Crippen LogP contribution in [0, 0.1) is 0 Å². The van der Waals surface area contributed by atoms with Gasteiger partial charge < -0.3 is 14.9 Å². The number of aromatic amines is 1. The third kappa shape index (κ3) is 3.37. The zero-order valence-corrected chi connectivity index (χ0v) is 19.3. The maximum Gasteiger partial charge on any atom is 0.181 e. The molecular formula is C27H24N6O2. The van der Waals surface area contributed by atoms with Gasteiger partial charge in [0, 0.05) is 25.5 Å². The second-order valence-electron chi connectivity index (χ2n) is 8.99. The number of H-pyrrole nitrogens is 1. The maximum atomic E-state index is 5.89. The number of amidine groups is 1. The van der Waals surface area contributed by atoms with Crippen LogP contribution in [0.3, 0.4) is 0 Å². The summed E-state index contributed by atoms with van der Waals surface area (Å²) in [6.45, 7) is 1.43. The Hall–Kier alpha value is -4.17. The molecule has 0 fully saturated rings. The summed E-state index contributed by atoms with van der Waals surface area (Å²) in [5.74, 6) is 4.01. The van der Waals surface area contributed by atoms with Crippen molar-refractivity contribution in [3.05, 3.63) is 82.9 Å². The molecule has 0 radical (unpaired) electrons. The van der Waals surface area contributed by atoms with Gasteiger partial charge in [-0.15, -0.1) is 0 Å². The third-order valence-electron chi connectivity index (χ3n) is 6.77. The Bertz CT molecular complexity index is 1480. The molecule has 0 spiro atoms. The van der Waals surface area contributed by atoms with Crippen molar-refractivity contribution in [2.75, 3.05) is 20.3 Å². The van der Waals surface area contributed by atoms with Crippen LogP contribution in [0.2, 0.25) is 0 Å². The lowest BCUT2D eigenvalue weighted by Gasteiger charge is -2.18. The Balaban J connectivity index is 1.20. The average Bonchev–Trinajstić information content (AvgIpc) is 3.69. The summed E-state index contributed by atoms with van der Waals surface area (Å²) < 4.78 is 11.7. The monoisotopic (exact) mass is 464 g/mol. The number of nitrogens with zero attached hydrogens (tertiary/aromatic N) is 4. The van der Waals surface area contributed by atoms with Crippen molar-refractivity contribution in [3.63, 3.8) is 0 Å². The van der Waals surface area contributed by atoms with Crippen LogP contribution in [0.15, 0.2) is 65.7 Å². The van der Waals surface area contributed by atoms with Gasteiger partial charge in [0.05, 0.1) is 24.3 Å². The molecule has 4 aromatic rings. The van der Waals surface area contributed by atoms with Crippen LogP contribution in [0.1, 0.15) is 28.4 Å². The number of hydrogen-bond acceptors (Lipinski definition) is 7. The normalized spacial score (nSPS) is 18.4. The highest BCUT2D eigenvalue weighted by Crippen LogP contribution is 2.36. The van der Waals surface area contributed by atoms with Crippen molar-refractivity contribution in [2.45, 2.75) is 19.0 Å². The molecule has 8 nitrogen and oxygen atoms in total. The fourth-order valence-corrected chi connectivity index (χ4v) is 5.05. The summed E-state index contributed by atoms with van der Waals surface area (Å²) in [5, 5.41) is 9.61. The Labute approximate surface area is 202 Å². The quantitative estimate of drug-likeness (QED) is 0.476. The van der Waals surface area contributed by atoms with E-state index in [1.807, 2.05) is 36.3 Å². The van der Waals surface area contributed by atoms with E-state index in [9.17, 15) is 0 Å². The van der Waals surface area contributed by atoms with E-state index < -0.39 is 0 Å². The number of para-hydroxylation sites is 2. The van der Waals surface area contributed by atoms with Gasteiger partial charge in [-0.05, 0) is 34.9 Å². The number of aliphatic imine (C=N–C) groups is 1. The number of ether oxygens (including phenoxy) is 2. The summed E-state index contributed by atoms with van der Waals surface area (Å²) in [4.78, 5) is 9.79. The molecule has 2 N–H and O–H groups in total. The minimum absolute atomic E-state index is 0.175. The van der Waals surface area contributed by atoms with Gasteiger partial charge >= 0.3 is 0 Å². The molecule has 35 heavy (non-hydrogen) atoms. The highest BCUT2D eigenvalue weighted by Gasteiger charge is 2.29. The van der Waals surface area contributed by atoms with Crippen LogP contribution < -0.4 is 14.9 Å². The smallest absolute Gasteiger partial charge is 0.181 e. The van der Waals surface area contributed by atoms with E-state index in [4.69, 9.17) is 19.5 Å². The lowest BCUT2D eigenvalue weighted by molar-refractivity contribution is 0.243. The van der Waals surface area contributed by atoms with Gasteiger partial charge in [-0.1, -0.05) is 42.5 Å². The van der Waals surface area contributed by atoms with Gasteiger partial charge in [0.15, 0.2) is 11.6 Å². The molecule has 0 saturated carbocycles. The number of fused-ring (bicyclic) bond motifs is 2. The largest absolute Gasteiger partial charge is 0.492 e. The molecule has 3 aliphatic rings. The topological polar surface area (TPSA) is 87.7 Å². The van der Waals surface area contributed by atoms with Crippen LogP contribution in [-0.4, -0.2) is 46.3 Å². The van der Waals surface area contributed by atoms with Crippen LogP contribution in [0.4, 0.5) is 0 Å². The van der Waals surface area contributed by atoms with Gasteiger partial charge in [-0.25, -0.2) is 9.98 Å². The molecule has 1 aromatic heterocycles. The van der Waals surface area contributed by atoms with E-state index in [1.54, 1.807) is 0 Å². The highest BCUT2D eigenvalue weighted by atomic mass is 16.5. The van der Waals surface area contributed by atoms with E-state index in [0.717, 1.165) is 59.0 Å². The van der Waals surface area contributed by atoms with E-state index in [2.05, 4.69) is 52.0 Å². The second kappa shape index (κ2) is 7.95. The Morgan fingerprint density at radius 1 is 0.886 bits per heavy atom. The summed E-state index contributed by atoms with van der Waals surface area (Å²) >= 11 is 0. The first kappa shape index (κ1) is 20.2. The number of hydrazine groups is 1. The number of rotatable bonds is 4.